The number of carbonyl (C=O) groups excluding carboxylic acids is 2. The van der Waals surface area contributed by atoms with Crippen molar-refractivity contribution in [3.05, 3.63) is 107 Å². The molecule has 1 fully saturated rings. The molecule has 2 heterocycles. The summed E-state index contributed by atoms with van der Waals surface area (Å²) < 4.78 is 0. The first kappa shape index (κ1) is 20.3. The average molecular weight is 423 g/mol. The lowest BCUT2D eigenvalue weighted by molar-refractivity contribution is -0.137. The molecule has 0 atom stereocenters. The molecule has 3 aromatic carbocycles. The molecular weight excluding hydrogens is 396 g/mol. The molecule has 0 bridgehead atoms. The van der Waals surface area contributed by atoms with Gasteiger partial charge in [0.05, 0.1) is 6.42 Å². The van der Waals surface area contributed by atoms with Gasteiger partial charge in [-0.2, -0.15) is 0 Å². The van der Waals surface area contributed by atoms with E-state index in [0.717, 1.165) is 36.3 Å². The summed E-state index contributed by atoms with van der Waals surface area (Å²) in [6, 6.07) is 26.7. The highest BCUT2D eigenvalue weighted by Gasteiger charge is 2.33. The maximum Gasteiger partial charge on any atom is 0.256 e. The summed E-state index contributed by atoms with van der Waals surface area (Å²) >= 11 is 0. The normalized spacial score (nSPS) is 17.2. The predicted molar refractivity (Wildman–Crippen MR) is 127 cm³/mol. The van der Waals surface area contributed by atoms with Gasteiger partial charge in [-0.3, -0.25) is 14.5 Å². The number of nitrogens with zero attached hydrogens (tertiary/aromatic N) is 2. The standard InChI is InChI=1S/C28H26N2O2/c31-27-19-25(28(32)30(27)17-14-21-8-2-1-3-9-21)18-23-11-6-7-13-26(23)29-16-15-22-10-4-5-12-24(22)20-29/h1-13,18H,14-17,19-20H2/b25-18+. The molecule has 2 aliphatic heterocycles. The van der Waals surface area contributed by atoms with Crippen molar-refractivity contribution in [3.63, 3.8) is 0 Å². The molecular formula is C28H26N2O2. The van der Waals surface area contributed by atoms with E-state index in [2.05, 4.69) is 35.2 Å². The number of anilines is 1. The molecule has 2 aliphatic rings. The van der Waals surface area contributed by atoms with Crippen LogP contribution in [0.4, 0.5) is 5.69 Å². The van der Waals surface area contributed by atoms with Crippen LogP contribution in [-0.4, -0.2) is 29.8 Å². The Morgan fingerprint density at radius 1 is 0.812 bits per heavy atom. The van der Waals surface area contributed by atoms with Gasteiger partial charge in [-0.05, 0) is 47.2 Å². The van der Waals surface area contributed by atoms with Gasteiger partial charge in [-0.25, -0.2) is 0 Å². The summed E-state index contributed by atoms with van der Waals surface area (Å²) in [7, 11) is 0. The minimum Gasteiger partial charge on any atom is -0.366 e. The molecule has 3 aromatic rings. The largest absolute Gasteiger partial charge is 0.366 e. The van der Waals surface area contributed by atoms with E-state index in [0.29, 0.717) is 18.5 Å². The molecule has 32 heavy (non-hydrogen) atoms. The molecule has 0 radical (unpaired) electrons. The third-order valence-electron chi connectivity index (χ3n) is 6.37. The zero-order chi connectivity index (χ0) is 21.9. The average Bonchev–Trinajstić information content (AvgIpc) is 3.10. The first-order valence-corrected chi connectivity index (χ1v) is 11.2. The lowest BCUT2D eigenvalue weighted by atomic mass is 9.98. The fraction of sp³-hybridized carbons (Fsp3) is 0.214. The van der Waals surface area contributed by atoms with Gasteiger partial charge in [-0.15, -0.1) is 0 Å². The van der Waals surface area contributed by atoms with Crippen molar-refractivity contribution >= 4 is 23.6 Å². The van der Waals surface area contributed by atoms with Crippen molar-refractivity contribution in [1.82, 2.24) is 4.90 Å². The molecule has 2 amide bonds. The molecule has 1 saturated heterocycles. The Morgan fingerprint density at radius 2 is 1.53 bits per heavy atom. The number of amides is 2. The SMILES string of the molecule is O=C1C/C(=C\c2ccccc2N2CCc3ccccc3C2)C(=O)N1CCc1ccccc1. The zero-order valence-electron chi connectivity index (χ0n) is 18.0. The van der Waals surface area contributed by atoms with Gasteiger partial charge in [-0.1, -0.05) is 72.8 Å². The number of hydrogen-bond acceptors (Lipinski definition) is 3. The van der Waals surface area contributed by atoms with E-state index >= 15 is 0 Å². The van der Waals surface area contributed by atoms with Crippen molar-refractivity contribution in [2.75, 3.05) is 18.0 Å². The van der Waals surface area contributed by atoms with Gasteiger partial charge >= 0.3 is 0 Å². The summed E-state index contributed by atoms with van der Waals surface area (Å²) in [5, 5.41) is 0. The fourth-order valence-electron chi connectivity index (χ4n) is 4.63. The van der Waals surface area contributed by atoms with Gasteiger partial charge < -0.3 is 4.90 Å². The minimum atomic E-state index is -0.162. The number of hydrogen-bond donors (Lipinski definition) is 0. The molecule has 4 heteroatoms. The van der Waals surface area contributed by atoms with Crippen LogP contribution in [0, 0.1) is 0 Å². The van der Waals surface area contributed by atoms with Crippen LogP contribution in [0.1, 0.15) is 28.7 Å². The monoisotopic (exact) mass is 422 g/mol. The van der Waals surface area contributed by atoms with Crippen LogP contribution in [0.25, 0.3) is 6.08 Å². The second-order valence-corrected chi connectivity index (χ2v) is 8.43. The summed E-state index contributed by atoms with van der Waals surface area (Å²) in [6.07, 6.45) is 3.77. The summed E-state index contributed by atoms with van der Waals surface area (Å²) in [5.74, 6) is -0.272. The second kappa shape index (κ2) is 8.83. The van der Waals surface area contributed by atoms with Crippen molar-refractivity contribution in [1.29, 1.82) is 0 Å². The topological polar surface area (TPSA) is 40.6 Å². The first-order valence-electron chi connectivity index (χ1n) is 11.2. The predicted octanol–water partition coefficient (Wildman–Crippen LogP) is 4.63. The van der Waals surface area contributed by atoms with Crippen LogP contribution < -0.4 is 4.90 Å². The number of para-hydroxylation sites is 1. The minimum absolute atomic E-state index is 0.110. The van der Waals surface area contributed by atoms with Crippen LogP contribution in [0.3, 0.4) is 0 Å². The van der Waals surface area contributed by atoms with E-state index in [9.17, 15) is 9.59 Å². The Hall–Kier alpha value is -3.66. The maximum absolute atomic E-state index is 13.0. The van der Waals surface area contributed by atoms with Crippen molar-refractivity contribution in [2.45, 2.75) is 25.8 Å². The van der Waals surface area contributed by atoms with Crippen molar-refractivity contribution in [3.8, 4) is 0 Å². The Kier molecular flexibility index (Phi) is 5.59. The van der Waals surface area contributed by atoms with Crippen molar-refractivity contribution in [2.24, 2.45) is 0 Å². The molecule has 0 saturated carbocycles. The maximum atomic E-state index is 13.0. The van der Waals surface area contributed by atoms with Crippen LogP contribution in [-0.2, 0) is 29.0 Å². The number of carbonyl (C=O) groups is 2. The molecule has 0 spiro atoms. The van der Waals surface area contributed by atoms with E-state index < -0.39 is 0 Å². The Morgan fingerprint density at radius 3 is 2.38 bits per heavy atom. The number of rotatable bonds is 5. The second-order valence-electron chi connectivity index (χ2n) is 8.43. The number of imide groups is 1. The summed E-state index contributed by atoms with van der Waals surface area (Å²) in [6.45, 7) is 2.21. The zero-order valence-corrected chi connectivity index (χ0v) is 18.0. The van der Waals surface area contributed by atoms with E-state index in [1.54, 1.807) is 0 Å². The summed E-state index contributed by atoms with van der Waals surface area (Å²) in [4.78, 5) is 29.4. The van der Waals surface area contributed by atoms with Crippen LogP contribution in [0.2, 0.25) is 0 Å². The van der Waals surface area contributed by atoms with Gasteiger partial charge in [0.2, 0.25) is 5.91 Å². The number of benzene rings is 3. The molecule has 0 unspecified atom stereocenters. The van der Waals surface area contributed by atoms with Gasteiger partial charge in [0.1, 0.15) is 0 Å². The molecule has 0 aromatic heterocycles. The highest BCUT2D eigenvalue weighted by Crippen LogP contribution is 2.30. The van der Waals surface area contributed by atoms with Gasteiger partial charge in [0.25, 0.3) is 5.91 Å². The highest BCUT2D eigenvalue weighted by atomic mass is 16.2. The Bertz CT molecular complexity index is 1180. The van der Waals surface area contributed by atoms with E-state index in [4.69, 9.17) is 0 Å². The Labute approximate surface area is 188 Å². The smallest absolute Gasteiger partial charge is 0.256 e. The Balaban J connectivity index is 1.35. The molecule has 160 valence electrons. The third kappa shape index (κ3) is 4.09. The van der Waals surface area contributed by atoms with E-state index in [1.165, 1.54) is 16.0 Å². The van der Waals surface area contributed by atoms with Crippen LogP contribution in [0.15, 0.2) is 84.4 Å². The first-order chi connectivity index (χ1) is 15.7. The fourth-order valence-corrected chi connectivity index (χ4v) is 4.63. The molecule has 5 rings (SSSR count). The van der Waals surface area contributed by atoms with Crippen LogP contribution in [0.5, 0.6) is 0 Å². The third-order valence-corrected chi connectivity index (χ3v) is 6.37. The number of fused-ring (bicyclic) bond motifs is 1. The highest BCUT2D eigenvalue weighted by molar-refractivity contribution is 6.15. The van der Waals surface area contributed by atoms with E-state index in [-0.39, 0.29) is 18.2 Å². The molecule has 4 nitrogen and oxygen atoms in total. The lowest BCUT2D eigenvalue weighted by Gasteiger charge is -2.32. The van der Waals surface area contributed by atoms with Gasteiger partial charge in [0.15, 0.2) is 0 Å². The lowest BCUT2D eigenvalue weighted by Crippen LogP contribution is -2.31. The van der Waals surface area contributed by atoms with Gasteiger partial charge in [0, 0.05) is 30.9 Å². The van der Waals surface area contributed by atoms with Crippen LogP contribution >= 0.6 is 0 Å². The van der Waals surface area contributed by atoms with Crippen molar-refractivity contribution < 1.29 is 9.59 Å². The van der Waals surface area contributed by atoms with E-state index in [1.807, 2.05) is 54.6 Å². The molecule has 0 N–H and O–H groups in total. The quantitative estimate of drug-likeness (QED) is 0.445. The number of likely N-dealkylation sites (tertiary alicyclic amines) is 1. The molecule has 0 aliphatic carbocycles. The summed E-state index contributed by atoms with van der Waals surface area (Å²) in [5.41, 5.74) is 6.56.